The molecule has 0 amide bonds. The fourth-order valence-corrected chi connectivity index (χ4v) is 2.76. The minimum Gasteiger partial charge on any atom is -0.369 e. The van der Waals surface area contributed by atoms with E-state index in [2.05, 4.69) is 0 Å². The van der Waals surface area contributed by atoms with Gasteiger partial charge < -0.3 is 5.11 Å². The second kappa shape index (κ2) is 8.75. The summed E-state index contributed by atoms with van der Waals surface area (Å²) in [5, 5.41) is 8.59. The molecule has 1 nitrogen and oxygen atoms in total. The van der Waals surface area contributed by atoms with E-state index in [1.807, 2.05) is 0 Å². The number of halogens is 25. The normalized spacial score (nSPS) is 18.5. The van der Waals surface area contributed by atoms with Gasteiger partial charge in [-0.2, -0.15) is 101 Å². The standard InChI is InChI=1S/C12HF24IO/c13-1(10(28,29)30,11(31,32)33)2(14,15)3(16,17)4(18,19)5(20,21)6(22,23)7(24,25)9(37,38)8(26,27)12(34,35)36/h38H. The van der Waals surface area contributed by atoms with Crippen LogP contribution in [0.25, 0.3) is 0 Å². The minimum absolute atomic E-state index is 1.57. The largest absolute Gasteiger partial charge is 0.457 e. The summed E-state index contributed by atoms with van der Waals surface area (Å²) in [6.45, 7) is 0. The first kappa shape index (κ1) is 37.0. The summed E-state index contributed by atoms with van der Waals surface area (Å²) in [5.74, 6) is -63.2. The van der Waals surface area contributed by atoms with Crippen molar-refractivity contribution in [2.24, 2.45) is 0 Å². The highest BCUT2D eigenvalue weighted by Gasteiger charge is 3.00. The zero-order valence-corrected chi connectivity index (χ0v) is 18.1. The minimum atomic E-state index is -9.50. The maximum absolute atomic E-state index is 13.7. The quantitative estimate of drug-likeness (QED) is 0.152. The van der Waals surface area contributed by atoms with Gasteiger partial charge in [0.25, 0.3) is 3.61 Å². The summed E-state index contributed by atoms with van der Waals surface area (Å²) >= 11 is -1.57. The Bertz CT molecular complexity index is 858. The molecular weight excluding hydrogens is 743 g/mol. The molecule has 0 bridgehead atoms. The number of rotatable bonds is 8. The maximum atomic E-state index is 13.7. The molecule has 0 aliphatic carbocycles. The molecule has 0 spiro atoms. The third-order valence-electron chi connectivity index (χ3n) is 4.37. The highest BCUT2D eigenvalue weighted by atomic mass is 127. The molecule has 0 radical (unpaired) electrons. The van der Waals surface area contributed by atoms with Crippen LogP contribution >= 0.6 is 22.6 Å². The molecule has 0 saturated heterocycles. The van der Waals surface area contributed by atoms with E-state index < -0.39 is 91.9 Å². The van der Waals surface area contributed by atoms with Gasteiger partial charge in [0.05, 0.1) is 0 Å². The number of hydrogen-bond acceptors (Lipinski definition) is 1. The zero-order valence-electron chi connectivity index (χ0n) is 15.9. The fraction of sp³-hybridized carbons (Fsp3) is 1.00. The van der Waals surface area contributed by atoms with E-state index in [4.69, 9.17) is 5.11 Å². The van der Waals surface area contributed by atoms with Gasteiger partial charge in [0, 0.05) is 0 Å². The summed E-state index contributed by atoms with van der Waals surface area (Å²) in [6.07, 6.45) is -24.8. The average Bonchev–Trinajstić information content (AvgIpc) is 2.63. The lowest BCUT2D eigenvalue weighted by atomic mass is 9.82. The summed E-state index contributed by atoms with van der Waals surface area (Å²) in [5.41, 5.74) is -9.05. The van der Waals surface area contributed by atoms with Crippen LogP contribution in [0.2, 0.25) is 0 Å². The number of hydrogen-bond donors (Lipinski definition) is 1. The summed E-state index contributed by atoms with van der Waals surface area (Å²) < 4.78 is 305. The Morgan fingerprint density at radius 2 is 0.500 bits per heavy atom. The Morgan fingerprint density at radius 3 is 0.711 bits per heavy atom. The summed E-state index contributed by atoms with van der Waals surface area (Å²) in [4.78, 5) is 0. The first-order valence-electron chi connectivity index (χ1n) is 7.70. The molecule has 0 saturated carbocycles. The van der Waals surface area contributed by atoms with Crippen molar-refractivity contribution in [3.63, 3.8) is 0 Å². The van der Waals surface area contributed by atoms with Gasteiger partial charge >= 0.3 is 65.7 Å². The van der Waals surface area contributed by atoms with Crippen LogP contribution in [0, 0.1) is 0 Å². The van der Waals surface area contributed by atoms with Crippen molar-refractivity contribution in [1.29, 1.82) is 0 Å². The molecule has 230 valence electrons. The Kier molecular flexibility index (Phi) is 8.53. The molecule has 0 aromatic rings. The van der Waals surface area contributed by atoms with Gasteiger partial charge in [-0.3, -0.25) is 0 Å². The zero-order chi connectivity index (χ0) is 32.0. The summed E-state index contributed by atoms with van der Waals surface area (Å²) in [7, 11) is 0. The molecule has 38 heavy (non-hydrogen) atoms. The van der Waals surface area contributed by atoms with E-state index in [1.165, 1.54) is 0 Å². The van der Waals surface area contributed by atoms with Crippen molar-refractivity contribution in [1.82, 2.24) is 0 Å². The van der Waals surface area contributed by atoms with Crippen LogP contribution in [0.4, 0.5) is 105 Å². The van der Waals surface area contributed by atoms with Gasteiger partial charge in [0.2, 0.25) is 0 Å². The van der Waals surface area contributed by atoms with Gasteiger partial charge in [0.1, 0.15) is 0 Å². The molecule has 1 atom stereocenters. The lowest BCUT2D eigenvalue weighted by molar-refractivity contribution is -0.477. The second-order valence-corrected chi connectivity index (χ2v) is 8.36. The molecule has 0 aromatic carbocycles. The third-order valence-corrected chi connectivity index (χ3v) is 5.73. The molecule has 0 rings (SSSR count). The molecule has 1 unspecified atom stereocenters. The van der Waals surface area contributed by atoms with Crippen molar-refractivity contribution in [2.75, 3.05) is 0 Å². The summed E-state index contributed by atoms with van der Waals surface area (Å²) in [6, 6.07) is 0. The second-order valence-electron chi connectivity index (χ2n) is 6.79. The average molecular weight is 744 g/mol. The van der Waals surface area contributed by atoms with E-state index in [9.17, 15) is 105 Å². The molecule has 0 heterocycles. The molecule has 26 heteroatoms. The van der Waals surface area contributed by atoms with E-state index >= 15 is 0 Å². The lowest BCUT2D eigenvalue weighted by Gasteiger charge is -2.47. The van der Waals surface area contributed by atoms with E-state index in [0.717, 1.165) is 0 Å². The van der Waals surface area contributed by atoms with Crippen LogP contribution in [0.5, 0.6) is 0 Å². The van der Waals surface area contributed by atoms with Crippen LogP contribution in [-0.4, -0.2) is 74.4 Å². The van der Waals surface area contributed by atoms with Gasteiger partial charge in [0.15, 0.2) is 0 Å². The molecule has 0 aliphatic heterocycles. The highest BCUT2D eigenvalue weighted by molar-refractivity contribution is 14.1. The smallest absolute Gasteiger partial charge is 0.369 e. The van der Waals surface area contributed by atoms with Crippen LogP contribution in [0.3, 0.4) is 0 Å². The van der Waals surface area contributed by atoms with E-state index in [-0.39, 0.29) is 0 Å². The first-order valence-corrected chi connectivity index (χ1v) is 8.78. The SMILES string of the molecule is OC(I)(C(F)(F)C(F)(F)F)C(F)(F)C(F)(F)C(F)(F)C(F)(F)C(F)(F)C(F)(F)C(F)(C(F)(F)F)C(F)(F)F. The van der Waals surface area contributed by atoms with Crippen molar-refractivity contribution < 1.29 is 110 Å². The molecule has 1 N–H and O–H groups in total. The van der Waals surface area contributed by atoms with Crippen molar-refractivity contribution >= 4 is 22.6 Å². The van der Waals surface area contributed by atoms with Crippen LogP contribution in [-0.2, 0) is 0 Å². The van der Waals surface area contributed by atoms with Crippen molar-refractivity contribution in [3.05, 3.63) is 0 Å². The maximum Gasteiger partial charge on any atom is 0.457 e. The predicted molar refractivity (Wildman–Crippen MR) is 75.6 cm³/mol. The molecule has 0 fully saturated rings. The highest BCUT2D eigenvalue weighted by Crippen LogP contribution is 2.68. The monoisotopic (exact) mass is 744 g/mol. The molecular formula is C12HF24IO. The molecule has 0 aromatic heterocycles. The first-order chi connectivity index (χ1) is 15.8. The van der Waals surface area contributed by atoms with Crippen molar-refractivity contribution in [2.45, 2.75) is 69.3 Å². The van der Waals surface area contributed by atoms with Gasteiger partial charge in [-0.1, -0.05) is 0 Å². The Balaban J connectivity index is 7.44. The Hall–Kier alpha value is -0.990. The van der Waals surface area contributed by atoms with E-state index in [0.29, 0.717) is 0 Å². The number of alkyl halides is 25. The third kappa shape index (κ3) is 4.22. The van der Waals surface area contributed by atoms with Crippen LogP contribution in [0.15, 0.2) is 0 Å². The van der Waals surface area contributed by atoms with Crippen molar-refractivity contribution in [3.8, 4) is 0 Å². The Labute approximate surface area is 203 Å². The lowest BCUT2D eigenvalue weighted by Crippen LogP contribution is -2.79. The van der Waals surface area contributed by atoms with E-state index in [1.54, 1.807) is 0 Å². The van der Waals surface area contributed by atoms with Crippen LogP contribution < -0.4 is 0 Å². The van der Waals surface area contributed by atoms with Crippen LogP contribution in [0.1, 0.15) is 0 Å². The predicted octanol–water partition coefficient (Wildman–Crippen LogP) is 7.95. The number of aliphatic hydroxyl groups is 1. The Morgan fingerprint density at radius 1 is 0.289 bits per heavy atom. The van der Waals surface area contributed by atoms with Gasteiger partial charge in [-0.15, -0.1) is 0 Å². The fourth-order valence-electron chi connectivity index (χ4n) is 2.11. The molecule has 0 aliphatic rings. The topological polar surface area (TPSA) is 20.2 Å². The van der Waals surface area contributed by atoms with Gasteiger partial charge in [-0.25, -0.2) is 4.39 Å². The van der Waals surface area contributed by atoms with Gasteiger partial charge in [-0.05, 0) is 22.6 Å².